The number of benzene rings is 9. The average molecular weight is 690 g/mol. The van der Waals surface area contributed by atoms with Crippen molar-refractivity contribution in [3.63, 3.8) is 0 Å². The maximum absolute atomic E-state index is 6.45. The molecule has 0 bridgehead atoms. The lowest BCUT2D eigenvalue weighted by atomic mass is 9.89. The van der Waals surface area contributed by atoms with Crippen LogP contribution in [0.2, 0.25) is 0 Å². The molecule has 0 aliphatic heterocycles. The molecule has 2 heteroatoms. The Morgan fingerprint density at radius 3 is 1.65 bits per heavy atom. The lowest BCUT2D eigenvalue weighted by Crippen LogP contribution is -2.11. The summed E-state index contributed by atoms with van der Waals surface area (Å²) < 4.78 is 6.45. The molecule has 0 N–H and O–H groups in total. The summed E-state index contributed by atoms with van der Waals surface area (Å²) in [6.07, 6.45) is 0. The number of para-hydroxylation sites is 1. The quantitative estimate of drug-likeness (QED) is 0.166. The summed E-state index contributed by atoms with van der Waals surface area (Å²) in [7, 11) is 0. The summed E-state index contributed by atoms with van der Waals surface area (Å²) in [4.78, 5) is 2.37. The fraction of sp³-hybridized carbons (Fsp3) is 0. The van der Waals surface area contributed by atoms with E-state index >= 15 is 0 Å². The Kier molecular flexibility index (Phi) is 7.85. The minimum absolute atomic E-state index is 0.862. The van der Waals surface area contributed by atoms with E-state index in [-0.39, 0.29) is 0 Å². The zero-order valence-corrected chi connectivity index (χ0v) is 29.6. The average Bonchev–Trinajstić information content (AvgIpc) is 3.63. The highest BCUT2D eigenvalue weighted by Gasteiger charge is 2.21. The number of hydrogen-bond acceptors (Lipinski definition) is 2. The second-order valence-electron chi connectivity index (χ2n) is 13.7. The first kappa shape index (κ1) is 31.6. The Hall–Kier alpha value is -7.16. The second-order valence-corrected chi connectivity index (χ2v) is 13.7. The summed E-state index contributed by atoms with van der Waals surface area (Å²) in [6.45, 7) is 0. The van der Waals surface area contributed by atoms with E-state index in [0.29, 0.717) is 0 Å². The molecule has 9 aromatic carbocycles. The van der Waals surface area contributed by atoms with Crippen molar-refractivity contribution in [2.24, 2.45) is 0 Å². The van der Waals surface area contributed by atoms with Gasteiger partial charge in [-0.25, -0.2) is 0 Å². The summed E-state index contributed by atoms with van der Waals surface area (Å²) in [5.41, 5.74) is 14.4. The van der Waals surface area contributed by atoms with Crippen LogP contribution in [0.3, 0.4) is 0 Å². The minimum Gasteiger partial charge on any atom is -0.456 e. The highest BCUT2D eigenvalue weighted by molar-refractivity contribution is 6.07. The van der Waals surface area contributed by atoms with Gasteiger partial charge in [-0.2, -0.15) is 0 Å². The van der Waals surface area contributed by atoms with Gasteiger partial charge in [-0.15, -0.1) is 0 Å². The normalized spacial score (nSPS) is 11.3. The Bertz CT molecular complexity index is 2910. The van der Waals surface area contributed by atoms with Gasteiger partial charge in [0, 0.05) is 33.8 Å². The van der Waals surface area contributed by atoms with Crippen LogP contribution in [-0.2, 0) is 0 Å². The molecular weight excluding hydrogens is 655 g/mol. The zero-order valence-electron chi connectivity index (χ0n) is 29.6. The first-order valence-electron chi connectivity index (χ1n) is 18.4. The van der Waals surface area contributed by atoms with E-state index in [9.17, 15) is 0 Å². The van der Waals surface area contributed by atoms with Gasteiger partial charge in [-0.3, -0.25) is 0 Å². The van der Waals surface area contributed by atoms with Crippen LogP contribution in [-0.4, -0.2) is 0 Å². The van der Waals surface area contributed by atoms with Crippen LogP contribution in [0.4, 0.5) is 17.1 Å². The van der Waals surface area contributed by atoms with Gasteiger partial charge in [-0.1, -0.05) is 164 Å². The third-order valence-corrected chi connectivity index (χ3v) is 10.5. The fourth-order valence-corrected chi connectivity index (χ4v) is 7.89. The van der Waals surface area contributed by atoms with Crippen molar-refractivity contribution in [1.29, 1.82) is 0 Å². The topological polar surface area (TPSA) is 16.4 Å². The van der Waals surface area contributed by atoms with Crippen LogP contribution in [0.1, 0.15) is 0 Å². The molecule has 0 saturated carbocycles. The van der Waals surface area contributed by atoms with E-state index in [2.05, 4.69) is 205 Å². The summed E-state index contributed by atoms with van der Waals surface area (Å²) in [6, 6.07) is 75.9. The molecule has 10 aromatic rings. The zero-order chi connectivity index (χ0) is 35.8. The van der Waals surface area contributed by atoms with Crippen LogP contribution in [0.5, 0.6) is 0 Å². The Morgan fingerprint density at radius 1 is 0.315 bits per heavy atom. The maximum Gasteiger partial charge on any atom is 0.137 e. The lowest BCUT2D eigenvalue weighted by molar-refractivity contribution is 0.669. The minimum atomic E-state index is 0.862. The molecule has 0 fully saturated rings. The molecule has 54 heavy (non-hydrogen) atoms. The number of fused-ring (bicyclic) bond motifs is 4. The Labute approximate surface area is 314 Å². The molecule has 0 amide bonds. The van der Waals surface area contributed by atoms with E-state index in [1.54, 1.807) is 0 Å². The van der Waals surface area contributed by atoms with Gasteiger partial charge in [0.2, 0.25) is 0 Å². The highest BCUT2D eigenvalue weighted by atomic mass is 16.3. The van der Waals surface area contributed by atoms with Crippen LogP contribution < -0.4 is 4.90 Å². The summed E-state index contributed by atoms with van der Waals surface area (Å²) in [5.74, 6) is 0. The smallest absolute Gasteiger partial charge is 0.137 e. The molecule has 0 aliphatic carbocycles. The van der Waals surface area contributed by atoms with E-state index < -0.39 is 0 Å². The SMILES string of the molecule is c1ccc(-c2ccc(N(c3ccc(-c4ccc5ccccc5c4-c4ccccc4)cc3)c3ccc4c(c3)oc3ccccc34)c(-c3ccccc3)c2)cc1. The molecule has 0 unspecified atom stereocenters. The molecule has 0 saturated heterocycles. The summed E-state index contributed by atoms with van der Waals surface area (Å²) >= 11 is 0. The van der Waals surface area contributed by atoms with E-state index in [1.807, 2.05) is 12.1 Å². The number of nitrogens with zero attached hydrogens (tertiary/aromatic N) is 1. The van der Waals surface area contributed by atoms with E-state index in [1.165, 1.54) is 44.2 Å². The third kappa shape index (κ3) is 5.62. The molecule has 1 heterocycles. The molecule has 0 aliphatic rings. The first-order chi connectivity index (χ1) is 26.8. The summed E-state index contributed by atoms with van der Waals surface area (Å²) in [5, 5.41) is 4.71. The molecule has 10 rings (SSSR count). The van der Waals surface area contributed by atoms with Gasteiger partial charge >= 0.3 is 0 Å². The second kappa shape index (κ2) is 13.4. The third-order valence-electron chi connectivity index (χ3n) is 10.5. The Morgan fingerprint density at radius 2 is 0.889 bits per heavy atom. The van der Waals surface area contributed by atoms with Gasteiger partial charge in [0.1, 0.15) is 11.2 Å². The predicted octanol–water partition coefficient (Wildman–Crippen LogP) is 14.9. The number of anilines is 3. The molecule has 0 radical (unpaired) electrons. The number of rotatable bonds is 7. The van der Waals surface area contributed by atoms with Crippen LogP contribution in [0.25, 0.3) is 77.2 Å². The molecule has 1 aromatic heterocycles. The van der Waals surface area contributed by atoms with Crippen molar-refractivity contribution in [3.8, 4) is 44.5 Å². The van der Waals surface area contributed by atoms with Gasteiger partial charge in [0.25, 0.3) is 0 Å². The van der Waals surface area contributed by atoms with E-state index in [4.69, 9.17) is 4.42 Å². The molecule has 0 atom stereocenters. The van der Waals surface area contributed by atoms with Crippen molar-refractivity contribution in [3.05, 3.63) is 212 Å². The van der Waals surface area contributed by atoms with Crippen molar-refractivity contribution >= 4 is 49.8 Å². The van der Waals surface area contributed by atoms with Crippen LogP contribution in [0, 0.1) is 0 Å². The molecular formula is C52H35NO. The largest absolute Gasteiger partial charge is 0.456 e. The molecule has 254 valence electrons. The first-order valence-corrected chi connectivity index (χ1v) is 18.4. The van der Waals surface area contributed by atoms with E-state index in [0.717, 1.165) is 50.1 Å². The number of hydrogen-bond donors (Lipinski definition) is 0. The van der Waals surface area contributed by atoms with Crippen LogP contribution >= 0.6 is 0 Å². The maximum atomic E-state index is 6.45. The van der Waals surface area contributed by atoms with Crippen molar-refractivity contribution in [2.75, 3.05) is 4.90 Å². The predicted molar refractivity (Wildman–Crippen MR) is 228 cm³/mol. The molecule has 0 spiro atoms. The van der Waals surface area contributed by atoms with Crippen molar-refractivity contribution < 1.29 is 4.42 Å². The van der Waals surface area contributed by atoms with Gasteiger partial charge < -0.3 is 9.32 Å². The van der Waals surface area contributed by atoms with Crippen LogP contribution in [0.15, 0.2) is 217 Å². The monoisotopic (exact) mass is 689 g/mol. The Balaban J connectivity index is 1.17. The highest BCUT2D eigenvalue weighted by Crippen LogP contribution is 2.45. The molecule has 2 nitrogen and oxygen atoms in total. The van der Waals surface area contributed by atoms with Crippen molar-refractivity contribution in [2.45, 2.75) is 0 Å². The van der Waals surface area contributed by atoms with Gasteiger partial charge in [-0.05, 0) is 92.2 Å². The van der Waals surface area contributed by atoms with Gasteiger partial charge in [0.15, 0.2) is 0 Å². The number of furan rings is 1. The lowest BCUT2D eigenvalue weighted by Gasteiger charge is -2.28. The van der Waals surface area contributed by atoms with Gasteiger partial charge in [0.05, 0.1) is 5.69 Å². The van der Waals surface area contributed by atoms with Crippen molar-refractivity contribution in [1.82, 2.24) is 0 Å². The fourth-order valence-electron chi connectivity index (χ4n) is 7.89. The standard InChI is InChI=1S/C52H35NO/c1-4-14-36(15-5-1)41-27-33-49(48(34-41)37-16-6-2-7-17-37)53(43-30-32-47-46-22-12-13-23-50(46)54-51(47)35-43)42-28-24-39(25-29-42)45-31-26-38-18-10-11-21-44(38)52(45)40-19-8-3-9-20-40/h1-35H.